The fourth-order valence-electron chi connectivity index (χ4n) is 9.43. The van der Waals surface area contributed by atoms with E-state index in [0.717, 1.165) is 45.7 Å². The maximum atomic E-state index is 14.7. The number of rotatable bonds is 3. The number of hydrogen-bond acceptors (Lipinski definition) is 5. The minimum absolute atomic E-state index is 0.0410. The number of allylic oxidation sites excluding steroid dienone is 2. The van der Waals surface area contributed by atoms with Crippen molar-refractivity contribution in [3.8, 4) is 0 Å². The zero-order valence-electron chi connectivity index (χ0n) is 23.9. The van der Waals surface area contributed by atoms with Crippen LogP contribution in [0.4, 0.5) is 5.69 Å². The molecule has 8 aliphatic rings. The van der Waals surface area contributed by atoms with Gasteiger partial charge in [-0.3, -0.25) is 19.2 Å². The summed E-state index contributed by atoms with van der Waals surface area (Å²) in [7, 11) is 0. The molecule has 0 spiro atoms. The zero-order valence-corrected chi connectivity index (χ0v) is 24.6. The number of aryl methyl sites for hydroxylation is 1. The van der Waals surface area contributed by atoms with Gasteiger partial charge in [-0.1, -0.05) is 78.4 Å². The molecule has 8 heteroatoms. The van der Waals surface area contributed by atoms with Crippen LogP contribution in [0.15, 0.2) is 84.0 Å². The summed E-state index contributed by atoms with van der Waals surface area (Å²) >= 11 is 6.37. The Bertz CT molecular complexity index is 1830. The lowest BCUT2D eigenvalue weighted by Crippen LogP contribution is -2.55. The minimum Gasteiger partial charge on any atom is -0.274 e. The largest absolute Gasteiger partial charge is 0.274 e. The van der Waals surface area contributed by atoms with E-state index < -0.39 is 29.1 Å². The number of benzene rings is 3. The molecule has 3 fully saturated rings. The minimum atomic E-state index is -1.17. The lowest BCUT2D eigenvalue weighted by Gasteiger charge is -2.52. The van der Waals surface area contributed by atoms with Gasteiger partial charge in [0.25, 0.3) is 11.8 Å². The molecule has 6 atom stereocenters. The molecule has 0 unspecified atom stereocenters. The van der Waals surface area contributed by atoms with Crippen molar-refractivity contribution in [1.82, 2.24) is 5.01 Å². The van der Waals surface area contributed by atoms with Crippen molar-refractivity contribution in [1.29, 1.82) is 0 Å². The van der Waals surface area contributed by atoms with Gasteiger partial charge in [0, 0.05) is 17.2 Å². The average molecular weight is 602 g/mol. The third-order valence-corrected chi connectivity index (χ3v) is 11.4. The van der Waals surface area contributed by atoms with E-state index in [2.05, 4.69) is 12.2 Å². The van der Waals surface area contributed by atoms with Crippen molar-refractivity contribution in [3.05, 3.63) is 112 Å². The zero-order chi connectivity index (χ0) is 30.1. The summed E-state index contributed by atoms with van der Waals surface area (Å²) in [5.74, 6) is -3.72. The fraction of sp³-hybridized carbons (Fsp3) is 0.306. The van der Waals surface area contributed by atoms with E-state index >= 15 is 0 Å². The quantitative estimate of drug-likeness (QED) is 0.229. The van der Waals surface area contributed by atoms with Crippen LogP contribution in [0.2, 0.25) is 5.02 Å². The molecule has 4 amide bonds. The van der Waals surface area contributed by atoms with Crippen molar-refractivity contribution in [3.63, 3.8) is 0 Å². The van der Waals surface area contributed by atoms with E-state index in [1.807, 2.05) is 61.5 Å². The maximum absolute atomic E-state index is 14.7. The normalized spacial score (nSPS) is 34.2. The summed E-state index contributed by atoms with van der Waals surface area (Å²) in [4.78, 5) is 58.0. The average Bonchev–Trinajstić information content (AvgIpc) is 3.48. The molecule has 6 aliphatic carbocycles. The van der Waals surface area contributed by atoms with Gasteiger partial charge in [0.05, 0.1) is 34.8 Å². The Morgan fingerprint density at radius 1 is 0.773 bits per heavy atom. The molecule has 44 heavy (non-hydrogen) atoms. The monoisotopic (exact) mass is 601 g/mol. The van der Waals surface area contributed by atoms with E-state index in [1.165, 1.54) is 4.90 Å². The van der Waals surface area contributed by atoms with Crippen molar-refractivity contribution in [2.45, 2.75) is 31.1 Å². The van der Waals surface area contributed by atoms with Crippen molar-refractivity contribution >= 4 is 47.1 Å². The second kappa shape index (κ2) is 8.85. The molecule has 11 rings (SSSR count). The maximum Gasteiger partial charge on any atom is 0.254 e. The van der Waals surface area contributed by atoms with Crippen LogP contribution >= 0.6 is 11.6 Å². The summed E-state index contributed by atoms with van der Waals surface area (Å²) < 4.78 is 0. The summed E-state index contributed by atoms with van der Waals surface area (Å²) in [6, 6.07) is 21.0. The van der Waals surface area contributed by atoms with Crippen LogP contribution in [0.1, 0.15) is 46.6 Å². The Labute approximate surface area is 259 Å². The van der Waals surface area contributed by atoms with Gasteiger partial charge in [-0.2, -0.15) is 10.1 Å². The van der Waals surface area contributed by atoms with Crippen molar-refractivity contribution in [2.75, 3.05) is 4.90 Å². The summed E-state index contributed by atoms with van der Waals surface area (Å²) in [5.41, 5.74) is 3.72. The molecule has 218 valence electrons. The predicted octanol–water partition coefficient (Wildman–Crippen LogP) is 5.38. The first kappa shape index (κ1) is 26.1. The van der Waals surface area contributed by atoms with Crippen molar-refractivity contribution in [2.24, 2.45) is 40.6 Å². The van der Waals surface area contributed by atoms with Crippen molar-refractivity contribution < 1.29 is 19.2 Å². The Morgan fingerprint density at radius 2 is 1.36 bits per heavy atom. The van der Waals surface area contributed by atoms with Crippen LogP contribution in [-0.4, -0.2) is 34.9 Å². The van der Waals surface area contributed by atoms with Crippen LogP contribution in [0.3, 0.4) is 0 Å². The van der Waals surface area contributed by atoms with Gasteiger partial charge in [0.2, 0.25) is 11.8 Å². The van der Waals surface area contributed by atoms with Gasteiger partial charge < -0.3 is 0 Å². The highest BCUT2D eigenvalue weighted by Crippen LogP contribution is 2.64. The van der Waals surface area contributed by atoms with E-state index in [-0.39, 0.29) is 41.4 Å². The van der Waals surface area contributed by atoms with Gasteiger partial charge in [-0.15, -0.1) is 0 Å². The number of halogens is 1. The molecule has 0 N–H and O–H groups in total. The molecule has 4 bridgehead atoms. The Balaban J connectivity index is 1.25. The first-order chi connectivity index (χ1) is 21.3. The summed E-state index contributed by atoms with van der Waals surface area (Å²) in [6.45, 7) is 1.86. The third kappa shape index (κ3) is 3.05. The van der Waals surface area contributed by atoms with Crippen LogP contribution < -0.4 is 4.90 Å². The second-order valence-electron chi connectivity index (χ2n) is 13.0. The van der Waals surface area contributed by atoms with Crippen LogP contribution in [0, 0.1) is 42.4 Å². The first-order valence-electron chi connectivity index (χ1n) is 15.3. The first-order valence-corrected chi connectivity index (χ1v) is 15.6. The highest BCUT2D eigenvalue weighted by molar-refractivity contribution is 6.32. The van der Waals surface area contributed by atoms with Crippen LogP contribution in [0.5, 0.6) is 0 Å². The van der Waals surface area contributed by atoms with Gasteiger partial charge in [-0.25, -0.2) is 4.90 Å². The molecule has 3 aromatic rings. The Hall–Kier alpha value is -4.36. The molecule has 0 radical (unpaired) electrons. The van der Waals surface area contributed by atoms with E-state index in [1.54, 1.807) is 18.3 Å². The van der Waals surface area contributed by atoms with Crippen LogP contribution in [-0.2, 0) is 24.6 Å². The number of anilines is 1. The molecule has 2 heterocycles. The highest BCUT2D eigenvalue weighted by atomic mass is 35.5. The number of hydrogen-bond donors (Lipinski definition) is 0. The number of fused-ring (bicyclic) bond motifs is 1. The van der Waals surface area contributed by atoms with E-state index in [9.17, 15) is 19.2 Å². The molecule has 0 aromatic heterocycles. The Morgan fingerprint density at radius 3 is 1.95 bits per heavy atom. The second-order valence-corrected chi connectivity index (χ2v) is 13.5. The molecule has 2 saturated heterocycles. The molecule has 7 nitrogen and oxygen atoms in total. The molecular weight excluding hydrogens is 574 g/mol. The fourth-order valence-corrected chi connectivity index (χ4v) is 9.60. The standard InChI is InChI=1S/C36H28ClN3O4/c1-18-10-15-21(37)16-26(18)39-32(41)30-29-22-6-2-4-8-24(22)36(31(30)35(39)44,25-9-5-3-7-23(25)29)17-38-40-33(42)27-19-11-12-20(14-13-19)28(27)34(40)43/h2-12,15-17,19-20,27-31H,13-14H2,1H3/b38-17-/t19-,20-,27-,28+,29?,30+,31-,36?/m0/s1. The van der Waals surface area contributed by atoms with E-state index in [0.29, 0.717) is 10.7 Å². The van der Waals surface area contributed by atoms with Gasteiger partial charge in [0.1, 0.15) is 0 Å². The molecular formula is C36H28ClN3O4. The number of hydrazone groups is 1. The Kier molecular flexibility index (Phi) is 5.25. The van der Waals surface area contributed by atoms with Gasteiger partial charge >= 0.3 is 0 Å². The molecule has 1 saturated carbocycles. The molecule has 2 aliphatic heterocycles. The lowest BCUT2D eigenvalue weighted by molar-refractivity contribution is -0.140. The third-order valence-electron chi connectivity index (χ3n) is 11.2. The smallest absolute Gasteiger partial charge is 0.254 e. The number of amides is 4. The van der Waals surface area contributed by atoms with E-state index in [4.69, 9.17) is 16.7 Å². The van der Waals surface area contributed by atoms with Crippen LogP contribution in [0.25, 0.3) is 0 Å². The number of imide groups is 2. The number of carbonyl (C=O) groups is 4. The number of carbonyl (C=O) groups excluding carboxylic acids is 4. The summed E-state index contributed by atoms with van der Waals surface area (Å²) in [6.07, 6.45) is 7.59. The highest BCUT2D eigenvalue weighted by Gasteiger charge is 2.68. The number of nitrogens with zero attached hydrogens (tertiary/aromatic N) is 3. The predicted molar refractivity (Wildman–Crippen MR) is 164 cm³/mol. The van der Waals surface area contributed by atoms with Gasteiger partial charge in [-0.05, 0) is 71.6 Å². The summed E-state index contributed by atoms with van der Waals surface area (Å²) in [5, 5.41) is 6.22. The topological polar surface area (TPSA) is 87.1 Å². The molecule has 3 aromatic carbocycles. The van der Waals surface area contributed by atoms with Gasteiger partial charge in [0.15, 0.2) is 0 Å². The SMILES string of the molecule is Cc1ccc(Cl)cc1N1C(=O)[C@@H]2C3c4ccccc4C(/C=N\N4C(=O)[C@@H]5[C@H](C4=O)[C@H]4C=C[C@H]5CC4)(c4ccccc43)[C@@H]2C1=O. The lowest BCUT2D eigenvalue weighted by atomic mass is 9.47.